The number of rotatable bonds is 3. The molecule has 9 nitrogen and oxygen atoms in total. The van der Waals surface area contributed by atoms with E-state index in [2.05, 4.69) is 10.2 Å². The van der Waals surface area contributed by atoms with Gasteiger partial charge in [0.2, 0.25) is 15.9 Å². The molecule has 1 aromatic heterocycles. The first kappa shape index (κ1) is 14.5. The lowest BCUT2D eigenvalue weighted by molar-refractivity contribution is -0.132. The fourth-order valence-electron chi connectivity index (χ4n) is 1.95. The zero-order valence-corrected chi connectivity index (χ0v) is 11.8. The van der Waals surface area contributed by atoms with Crippen molar-refractivity contribution in [3.8, 4) is 0 Å². The predicted molar refractivity (Wildman–Crippen MR) is 66.7 cm³/mol. The van der Waals surface area contributed by atoms with E-state index in [4.69, 9.17) is 5.11 Å². The molecule has 2 N–H and O–H groups in total. The third-order valence-electron chi connectivity index (χ3n) is 3.11. The number of hydrogen-bond acceptors (Lipinski definition) is 5. The Bertz CT molecular complexity index is 665. The van der Waals surface area contributed by atoms with Crippen molar-refractivity contribution in [3.63, 3.8) is 0 Å². The van der Waals surface area contributed by atoms with Crippen LogP contribution in [0.15, 0.2) is 4.90 Å². The normalized spacial score (nSPS) is 17.5. The number of aromatic amines is 1. The lowest BCUT2D eigenvalue weighted by Crippen LogP contribution is -2.50. The van der Waals surface area contributed by atoms with Crippen molar-refractivity contribution in [2.45, 2.75) is 11.8 Å². The number of carbonyl (C=O) groups is 2. The Labute approximate surface area is 115 Å². The first-order valence-electron chi connectivity index (χ1n) is 5.77. The molecule has 2 rings (SSSR count). The number of aromatic carboxylic acids is 1. The third-order valence-corrected chi connectivity index (χ3v) is 5.12. The van der Waals surface area contributed by atoms with Crippen LogP contribution in [0.5, 0.6) is 0 Å². The van der Waals surface area contributed by atoms with E-state index in [1.54, 1.807) is 7.05 Å². The molecule has 0 saturated carbocycles. The highest BCUT2D eigenvalue weighted by Crippen LogP contribution is 2.23. The van der Waals surface area contributed by atoms with E-state index < -0.39 is 21.7 Å². The van der Waals surface area contributed by atoms with Crippen LogP contribution in [0.25, 0.3) is 0 Å². The minimum absolute atomic E-state index is 0.119. The minimum Gasteiger partial charge on any atom is -0.476 e. The molecule has 0 bridgehead atoms. The van der Waals surface area contributed by atoms with Gasteiger partial charge in [0.25, 0.3) is 0 Å². The zero-order chi connectivity index (χ0) is 15.1. The van der Waals surface area contributed by atoms with Crippen LogP contribution in [0.3, 0.4) is 0 Å². The number of carboxylic acids is 1. The number of aryl methyl sites for hydroxylation is 1. The van der Waals surface area contributed by atoms with Gasteiger partial charge in [-0.15, -0.1) is 0 Å². The van der Waals surface area contributed by atoms with Crippen LogP contribution in [-0.2, 0) is 14.8 Å². The lowest BCUT2D eigenvalue weighted by atomic mass is 10.4. The van der Waals surface area contributed by atoms with Crippen LogP contribution in [0, 0.1) is 6.92 Å². The summed E-state index contributed by atoms with van der Waals surface area (Å²) >= 11 is 0. The van der Waals surface area contributed by atoms with Gasteiger partial charge in [-0.05, 0) is 6.92 Å². The van der Waals surface area contributed by atoms with Gasteiger partial charge >= 0.3 is 5.97 Å². The molecule has 20 heavy (non-hydrogen) atoms. The van der Waals surface area contributed by atoms with Gasteiger partial charge in [-0.3, -0.25) is 9.89 Å². The van der Waals surface area contributed by atoms with Crippen LogP contribution in [0.2, 0.25) is 0 Å². The van der Waals surface area contributed by atoms with Gasteiger partial charge in [-0.1, -0.05) is 0 Å². The second kappa shape index (κ2) is 4.87. The first-order valence-corrected chi connectivity index (χ1v) is 7.21. The molecule has 1 aromatic rings. The number of amides is 1. The minimum atomic E-state index is -4.07. The average Bonchev–Trinajstić information content (AvgIpc) is 2.75. The van der Waals surface area contributed by atoms with E-state index in [1.807, 2.05) is 0 Å². The van der Waals surface area contributed by atoms with Gasteiger partial charge < -0.3 is 10.0 Å². The van der Waals surface area contributed by atoms with Crippen molar-refractivity contribution >= 4 is 21.9 Å². The molecule has 1 fully saturated rings. The van der Waals surface area contributed by atoms with Gasteiger partial charge in [-0.25, -0.2) is 13.2 Å². The molecular formula is C10H14N4O5S. The van der Waals surface area contributed by atoms with Crippen molar-refractivity contribution < 1.29 is 23.1 Å². The number of piperazine rings is 1. The Balaban J connectivity index is 2.44. The number of nitrogens with zero attached hydrogens (tertiary/aromatic N) is 3. The van der Waals surface area contributed by atoms with Gasteiger partial charge in [0.05, 0.1) is 12.2 Å². The summed E-state index contributed by atoms with van der Waals surface area (Å²) in [5, 5.41) is 14.8. The molecule has 10 heteroatoms. The van der Waals surface area contributed by atoms with E-state index in [9.17, 15) is 18.0 Å². The highest BCUT2D eigenvalue weighted by molar-refractivity contribution is 7.89. The molecule has 0 atom stereocenters. The molecule has 0 aromatic carbocycles. The van der Waals surface area contributed by atoms with Crippen molar-refractivity contribution in [2.75, 3.05) is 26.7 Å². The van der Waals surface area contributed by atoms with Gasteiger partial charge in [-0.2, -0.15) is 9.40 Å². The molecule has 0 aliphatic carbocycles. The molecule has 0 unspecified atom stereocenters. The number of carboxylic acid groups (broad SMARTS) is 1. The Hall–Kier alpha value is -1.94. The molecule has 0 spiro atoms. The van der Waals surface area contributed by atoms with E-state index >= 15 is 0 Å². The van der Waals surface area contributed by atoms with Crippen molar-refractivity contribution in [1.82, 2.24) is 19.4 Å². The molecule has 1 aliphatic heterocycles. The molecule has 1 saturated heterocycles. The number of likely N-dealkylation sites (N-methyl/N-ethyl adjacent to an activating group) is 1. The predicted octanol–water partition coefficient (Wildman–Crippen LogP) is -1.12. The molecule has 0 radical (unpaired) electrons. The van der Waals surface area contributed by atoms with Crippen LogP contribution in [0.4, 0.5) is 0 Å². The van der Waals surface area contributed by atoms with E-state index in [0.717, 1.165) is 4.31 Å². The Morgan fingerprint density at radius 2 is 2.05 bits per heavy atom. The van der Waals surface area contributed by atoms with Crippen LogP contribution >= 0.6 is 0 Å². The summed E-state index contributed by atoms with van der Waals surface area (Å²) in [4.78, 5) is 23.7. The number of carbonyl (C=O) groups excluding carboxylic acids is 1. The maximum absolute atomic E-state index is 12.5. The SMILES string of the molecule is Cc1[nH]nc(C(=O)O)c1S(=O)(=O)N1CCN(C)C(=O)C1. The summed E-state index contributed by atoms with van der Waals surface area (Å²) in [7, 11) is -2.49. The summed E-state index contributed by atoms with van der Waals surface area (Å²) in [6.45, 7) is 1.50. The van der Waals surface area contributed by atoms with Gasteiger partial charge in [0.15, 0.2) is 5.69 Å². The van der Waals surface area contributed by atoms with E-state index in [-0.39, 0.29) is 36.1 Å². The summed E-state index contributed by atoms with van der Waals surface area (Å²) < 4.78 is 25.9. The fourth-order valence-corrected chi connectivity index (χ4v) is 3.62. The summed E-state index contributed by atoms with van der Waals surface area (Å²) in [5.41, 5.74) is -0.428. The van der Waals surface area contributed by atoms with Gasteiger partial charge in [0, 0.05) is 20.1 Å². The number of aromatic nitrogens is 2. The van der Waals surface area contributed by atoms with Crippen LogP contribution in [0.1, 0.15) is 16.2 Å². The molecule has 1 amide bonds. The van der Waals surface area contributed by atoms with Gasteiger partial charge in [0.1, 0.15) is 4.90 Å². The standard InChI is InChI=1S/C10H14N4O5S/c1-6-9(8(10(16)17)12-11-6)20(18,19)14-4-3-13(2)7(15)5-14/h3-5H2,1-2H3,(H,11,12)(H,16,17). The topological polar surface area (TPSA) is 124 Å². The third kappa shape index (κ3) is 2.27. The van der Waals surface area contributed by atoms with Crippen LogP contribution < -0.4 is 0 Å². The monoisotopic (exact) mass is 302 g/mol. The largest absolute Gasteiger partial charge is 0.476 e. The Morgan fingerprint density at radius 3 is 2.60 bits per heavy atom. The maximum atomic E-state index is 12.5. The molecule has 1 aliphatic rings. The molecular weight excluding hydrogens is 288 g/mol. The summed E-state index contributed by atoms with van der Waals surface area (Å²) in [5.74, 6) is -1.77. The van der Waals surface area contributed by atoms with E-state index in [1.165, 1.54) is 11.8 Å². The second-order valence-electron chi connectivity index (χ2n) is 4.49. The number of H-pyrrole nitrogens is 1. The van der Waals surface area contributed by atoms with Crippen LogP contribution in [-0.4, -0.2) is 71.5 Å². The molecule has 110 valence electrons. The van der Waals surface area contributed by atoms with Crippen molar-refractivity contribution in [2.24, 2.45) is 0 Å². The van der Waals surface area contributed by atoms with E-state index in [0.29, 0.717) is 0 Å². The summed E-state index contributed by atoms with van der Waals surface area (Å²) in [6, 6.07) is 0. The quantitative estimate of drug-likeness (QED) is 0.729. The zero-order valence-electron chi connectivity index (χ0n) is 11.0. The Kier molecular flexibility index (Phi) is 3.52. The molecule has 2 heterocycles. The van der Waals surface area contributed by atoms with Crippen molar-refractivity contribution in [1.29, 1.82) is 0 Å². The van der Waals surface area contributed by atoms with Crippen molar-refractivity contribution in [3.05, 3.63) is 11.4 Å². The number of nitrogens with one attached hydrogen (secondary N) is 1. The lowest BCUT2D eigenvalue weighted by Gasteiger charge is -2.31. The average molecular weight is 302 g/mol. The summed E-state index contributed by atoms with van der Waals surface area (Å²) in [6.07, 6.45) is 0. The maximum Gasteiger partial charge on any atom is 0.357 e. The fraction of sp³-hybridized carbons (Fsp3) is 0.500. The first-order chi connectivity index (χ1) is 9.25. The number of hydrogen-bond donors (Lipinski definition) is 2. The highest BCUT2D eigenvalue weighted by Gasteiger charge is 2.36. The smallest absolute Gasteiger partial charge is 0.357 e. The Morgan fingerprint density at radius 1 is 1.40 bits per heavy atom. The number of sulfonamides is 1. The highest BCUT2D eigenvalue weighted by atomic mass is 32.2. The second-order valence-corrected chi connectivity index (χ2v) is 6.36.